The molecule has 2 aromatic carbocycles. The summed E-state index contributed by atoms with van der Waals surface area (Å²) in [6.45, 7) is 8.78. The van der Waals surface area contributed by atoms with E-state index in [9.17, 15) is 9.59 Å². The van der Waals surface area contributed by atoms with Crippen LogP contribution in [0.5, 0.6) is 0 Å². The largest absolute Gasteiger partial charge is 0.379 e. The highest BCUT2D eigenvalue weighted by Crippen LogP contribution is 2.31. The molecular formula is C24H28N2O3. The minimum absolute atomic E-state index is 0.125. The number of nitrogens with zero attached hydrogens (tertiary/aromatic N) is 1. The summed E-state index contributed by atoms with van der Waals surface area (Å²) in [5.41, 5.74) is 4.47. The lowest BCUT2D eigenvalue weighted by Gasteiger charge is -2.16. The Morgan fingerprint density at radius 3 is 2.38 bits per heavy atom. The predicted molar refractivity (Wildman–Crippen MR) is 115 cm³/mol. The molecule has 2 amide bonds. The highest BCUT2D eigenvalue weighted by atomic mass is 16.5. The van der Waals surface area contributed by atoms with Gasteiger partial charge in [-0.05, 0) is 51.3 Å². The van der Waals surface area contributed by atoms with E-state index in [-0.39, 0.29) is 17.9 Å². The molecule has 152 valence electrons. The second-order valence-electron chi connectivity index (χ2n) is 7.59. The first-order chi connectivity index (χ1) is 13.9. The second kappa shape index (κ2) is 9.05. The van der Waals surface area contributed by atoms with Gasteiger partial charge < -0.3 is 10.1 Å². The number of amides is 2. The van der Waals surface area contributed by atoms with E-state index in [1.807, 2.05) is 76.2 Å². The average molecular weight is 392 g/mol. The molecular weight excluding hydrogens is 364 g/mol. The zero-order valence-electron chi connectivity index (χ0n) is 17.5. The zero-order valence-corrected chi connectivity index (χ0v) is 17.5. The van der Waals surface area contributed by atoms with Crippen molar-refractivity contribution in [3.63, 3.8) is 0 Å². The monoisotopic (exact) mass is 392 g/mol. The van der Waals surface area contributed by atoms with Gasteiger partial charge >= 0.3 is 0 Å². The minimum atomic E-state index is -0.293. The van der Waals surface area contributed by atoms with Gasteiger partial charge in [0.05, 0.1) is 11.7 Å². The maximum absolute atomic E-state index is 13.2. The normalized spacial score (nSPS) is 14.3. The Labute approximate surface area is 172 Å². The molecule has 0 atom stereocenters. The first kappa shape index (κ1) is 20.8. The number of carbonyl (C=O) groups excluding carboxylic acids is 2. The fourth-order valence-electron chi connectivity index (χ4n) is 3.40. The van der Waals surface area contributed by atoms with Crippen LogP contribution in [0.2, 0.25) is 0 Å². The molecule has 0 bridgehead atoms. The lowest BCUT2D eigenvalue weighted by atomic mass is 10.0. The van der Waals surface area contributed by atoms with Crippen molar-refractivity contribution in [2.24, 2.45) is 0 Å². The van der Waals surface area contributed by atoms with Crippen LogP contribution in [-0.2, 0) is 14.3 Å². The number of nitrogens with one attached hydrogen (secondary N) is 1. The molecule has 0 saturated heterocycles. The van der Waals surface area contributed by atoms with Crippen molar-refractivity contribution in [2.75, 3.05) is 18.5 Å². The van der Waals surface area contributed by atoms with Crippen LogP contribution in [0.1, 0.15) is 37.0 Å². The van der Waals surface area contributed by atoms with Crippen LogP contribution in [-0.4, -0.2) is 36.0 Å². The number of ether oxygens (including phenoxy) is 1. The third kappa shape index (κ3) is 4.74. The van der Waals surface area contributed by atoms with Crippen LogP contribution < -0.4 is 5.32 Å². The van der Waals surface area contributed by atoms with Crippen molar-refractivity contribution in [3.8, 4) is 0 Å². The Balaban J connectivity index is 1.90. The highest BCUT2D eigenvalue weighted by molar-refractivity contribution is 6.36. The van der Waals surface area contributed by atoms with Gasteiger partial charge in [0.15, 0.2) is 0 Å². The van der Waals surface area contributed by atoms with Crippen LogP contribution in [0.15, 0.2) is 54.2 Å². The smallest absolute Gasteiger partial charge is 0.278 e. The van der Waals surface area contributed by atoms with Gasteiger partial charge in [0, 0.05) is 18.8 Å². The molecule has 0 saturated carbocycles. The fraction of sp³-hybridized carbons (Fsp3) is 0.333. The Hall–Kier alpha value is -2.92. The number of aryl methyl sites for hydroxylation is 2. The van der Waals surface area contributed by atoms with Gasteiger partial charge in [-0.3, -0.25) is 14.5 Å². The Morgan fingerprint density at radius 1 is 1.00 bits per heavy atom. The van der Waals surface area contributed by atoms with Gasteiger partial charge in [-0.2, -0.15) is 0 Å². The lowest BCUT2D eigenvalue weighted by molar-refractivity contribution is -0.137. The molecule has 1 aliphatic heterocycles. The van der Waals surface area contributed by atoms with E-state index in [0.717, 1.165) is 22.4 Å². The Morgan fingerprint density at radius 2 is 1.72 bits per heavy atom. The lowest BCUT2D eigenvalue weighted by Crippen LogP contribution is -2.34. The van der Waals surface area contributed by atoms with Crippen molar-refractivity contribution < 1.29 is 14.3 Å². The van der Waals surface area contributed by atoms with Crippen LogP contribution in [0, 0.1) is 13.8 Å². The molecule has 2 aromatic rings. The van der Waals surface area contributed by atoms with Gasteiger partial charge in [0.2, 0.25) is 0 Å². The number of hydrogen-bond donors (Lipinski definition) is 1. The summed E-state index contributed by atoms with van der Waals surface area (Å²) in [6.07, 6.45) is 0.730. The number of imide groups is 1. The van der Waals surface area contributed by atoms with Crippen LogP contribution >= 0.6 is 0 Å². The van der Waals surface area contributed by atoms with Gasteiger partial charge in [-0.1, -0.05) is 48.0 Å². The van der Waals surface area contributed by atoms with E-state index in [1.54, 1.807) is 0 Å². The maximum atomic E-state index is 13.2. The van der Waals surface area contributed by atoms with Crippen molar-refractivity contribution in [1.29, 1.82) is 0 Å². The molecule has 0 fully saturated rings. The fourth-order valence-corrected chi connectivity index (χ4v) is 3.40. The second-order valence-corrected chi connectivity index (χ2v) is 7.59. The molecule has 5 heteroatoms. The SMILES string of the molecule is Cc1ccc(NC2=C(c3ccccc3)C(=O)N(CCCOC(C)C)C2=O)c(C)c1. The summed E-state index contributed by atoms with van der Waals surface area (Å²) >= 11 is 0. The molecule has 5 nitrogen and oxygen atoms in total. The molecule has 0 radical (unpaired) electrons. The Kier molecular flexibility index (Phi) is 6.49. The van der Waals surface area contributed by atoms with Crippen molar-refractivity contribution in [2.45, 2.75) is 40.2 Å². The van der Waals surface area contributed by atoms with Gasteiger partial charge in [-0.15, -0.1) is 0 Å². The van der Waals surface area contributed by atoms with Gasteiger partial charge in [-0.25, -0.2) is 0 Å². The van der Waals surface area contributed by atoms with Crippen LogP contribution in [0.3, 0.4) is 0 Å². The van der Waals surface area contributed by atoms with Gasteiger partial charge in [0.25, 0.3) is 11.8 Å². The molecule has 0 aliphatic carbocycles. The third-order valence-electron chi connectivity index (χ3n) is 4.85. The third-order valence-corrected chi connectivity index (χ3v) is 4.85. The first-order valence-electron chi connectivity index (χ1n) is 10.00. The molecule has 3 rings (SSSR count). The standard InChI is InChI=1S/C24H28N2O3/c1-16(2)29-14-8-13-26-23(27)21(19-9-6-5-7-10-19)22(24(26)28)25-20-12-11-17(3)15-18(20)4/h5-7,9-12,15-16,25H,8,13-14H2,1-4H3. The van der Waals surface area contributed by atoms with E-state index < -0.39 is 0 Å². The van der Waals surface area contributed by atoms with E-state index in [4.69, 9.17) is 4.74 Å². The molecule has 1 heterocycles. The first-order valence-corrected chi connectivity index (χ1v) is 10.00. The molecule has 1 N–H and O–H groups in total. The summed E-state index contributed by atoms with van der Waals surface area (Å²) in [5, 5.41) is 3.24. The van der Waals surface area contributed by atoms with Gasteiger partial charge in [0.1, 0.15) is 5.70 Å². The molecule has 1 aliphatic rings. The molecule has 0 spiro atoms. The topological polar surface area (TPSA) is 58.6 Å². The molecule has 0 unspecified atom stereocenters. The van der Waals surface area contributed by atoms with E-state index in [0.29, 0.717) is 30.8 Å². The number of rotatable bonds is 8. The van der Waals surface area contributed by atoms with E-state index in [1.165, 1.54) is 4.90 Å². The summed E-state index contributed by atoms with van der Waals surface area (Å²) in [6, 6.07) is 15.3. The van der Waals surface area contributed by atoms with Crippen LogP contribution in [0.4, 0.5) is 5.69 Å². The number of carbonyl (C=O) groups is 2. The number of anilines is 1. The van der Waals surface area contributed by atoms with Crippen molar-refractivity contribution in [1.82, 2.24) is 4.90 Å². The quantitative estimate of drug-likeness (QED) is 0.537. The molecule has 0 aromatic heterocycles. The highest BCUT2D eigenvalue weighted by Gasteiger charge is 2.38. The summed E-state index contributed by atoms with van der Waals surface area (Å²) in [7, 11) is 0. The van der Waals surface area contributed by atoms with Crippen molar-refractivity contribution in [3.05, 3.63) is 70.9 Å². The van der Waals surface area contributed by atoms with Crippen molar-refractivity contribution >= 4 is 23.1 Å². The average Bonchev–Trinajstić information content (AvgIpc) is 2.91. The minimum Gasteiger partial charge on any atom is -0.379 e. The zero-order chi connectivity index (χ0) is 21.0. The van der Waals surface area contributed by atoms with E-state index >= 15 is 0 Å². The molecule has 29 heavy (non-hydrogen) atoms. The summed E-state index contributed by atoms with van der Waals surface area (Å²) in [5.74, 6) is -0.559. The van der Waals surface area contributed by atoms with E-state index in [2.05, 4.69) is 5.32 Å². The predicted octanol–water partition coefficient (Wildman–Crippen LogP) is 4.31. The number of hydrogen-bond acceptors (Lipinski definition) is 4. The maximum Gasteiger partial charge on any atom is 0.278 e. The van der Waals surface area contributed by atoms with Crippen LogP contribution in [0.25, 0.3) is 5.57 Å². The summed E-state index contributed by atoms with van der Waals surface area (Å²) in [4.78, 5) is 27.6. The Bertz CT molecular complexity index is 932. The summed E-state index contributed by atoms with van der Waals surface area (Å²) < 4.78 is 5.55. The number of benzene rings is 2.